The fraction of sp³-hybridized carbons (Fsp3) is 0.391. The summed E-state index contributed by atoms with van der Waals surface area (Å²) in [6, 6.07) is 12.5. The van der Waals surface area contributed by atoms with Gasteiger partial charge in [0.15, 0.2) is 6.61 Å². The molecule has 4 rings (SSSR count). The van der Waals surface area contributed by atoms with Gasteiger partial charge in [-0.2, -0.15) is 0 Å². The maximum atomic E-state index is 12.4. The number of piperazine rings is 1. The molecule has 0 unspecified atom stereocenters. The number of esters is 1. The fourth-order valence-corrected chi connectivity index (χ4v) is 3.88. The Morgan fingerprint density at radius 3 is 2.39 bits per heavy atom. The van der Waals surface area contributed by atoms with Gasteiger partial charge in [-0.15, -0.1) is 0 Å². The summed E-state index contributed by atoms with van der Waals surface area (Å²) in [5.41, 5.74) is 1.14. The van der Waals surface area contributed by atoms with Gasteiger partial charge in [0.25, 0.3) is 5.91 Å². The van der Waals surface area contributed by atoms with Gasteiger partial charge in [0.05, 0.1) is 5.56 Å². The molecule has 1 aromatic carbocycles. The van der Waals surface area contributed by atoms with Gasteiger partial charge in [0, 0.05) is 51.0 Å². The van der Waals surface area contributed by atoms with E-state index in [1.807, 2.05) is 18.2 Å². The number of hydrogen-bond acceptors (Lipinski definition) is 6. The molecule has 0 aliphatic carbocycles. The van der Waals surface area contributed by atoms with Crippen LogP contribution in [-0.4, -0.2) is 67.0 Å². The summed E-state index contributed by atoms with van der Waals surface area (Å²) < 4.78 is 5.22. The molecule has 8 heteroatoms. The van der Waals surface area contributed by atoms with Gasteiger partial charge in [-0.25, -0.2) is 9.78 Å². The molecule has 0 atom stereocenters. The molecule has 0 bridgehead atoms. The van der Waals surface area contributed by atoms with E-state index in [-0.39, 0.29) is 18.4 Å². The van der Waals surface area contributed by atoms with E-state index in [2.05, 4.69) is 9.88 Å². The van der Waals surface area contributed by atoms with Crippen molar-refractivity contribution in [3.63, 3.8) is 0 Å². The molecular formula is C23H26N4O4. The number of carbonyl (C=O) groups is 3. The number of carbonyl (C=O) groups excluding carboxylic acids is 3. The number of amides is 2. The Hall–Kier alpha value is -3.42. The van der Waals surface area contributed by atoms with Crippen molar-refractivity contribution in [3.05, 3.63) is 54.2 Å². The SMILES string of the molecule is O=C(OCC(=O)N1CCN(c2ccccn2)CC1)c1ccc(N2CCCCC2=O)cc1. The number of piperidine rings is 1. The molecule has 0 N–H and O–H groups in total. The van der Waals surface area contributed by atoms with Gasteiger partial charge in [-0.05, 0) is 49.2 Å². The number of pyridine rings is 1. The van der Waals surface area contributed by atoms with Crippen LogP contribution in [0, 0.1) is 0 Å². The molecule has 0 spiro atoms. The number of hydrogen-bond donors (Lipinski definition) is 0. The first-order valence-electron chi connectivity index (χ1n) is 10.6. The summed E-state index contributed by atoms with van der Waals surface area (Å²) in [5, 5.41) is 0. The van der Waals surface area contributed by atoms with Crippen LogP contribution in [0.5, 0.6) is 0 Å². The number of anilines is 2. The maximum absolute atomic E-state index is 12.4. The minimum absolute atomic E-state index is 0.107. The van der Waals surface area contributed by atoms with Gasteiger partial charge in [-0.3, -0.25) is 9.59 Å². The van der Waals surface area contributed by atoms with Crippen molar-refractivity contribution in [2.24, 2.45) is 0 Å². The van der Waals surface area contributed by atoms with Crippen molar-refractivity contribution in [1.82, 2.24) is 9.88 Å². The molecule has 8 nitrogen and oxygen atoms in total. The van der Waals surface area contributed by atoms with Crippen molar-refractivity contribution in [2.75, 3.05) is 49.1 Å². The molecule has 0 radical (unpaired) electrons. The van der Waals surface area contributed by atoms with E-state index in [0.717, 1.165) is 24.3 Å². The third-order valence-corrected chi connectivity index (χ3v) is 5.67. The second-order valence-corrected chi connectivity index (χ2v) is 7.68. The van der Waals surface area contributed by atoms with Crippen LogP contribution in [0.1, 0.15) is 29.6 Å². The monoisotopic (exact) mass is 422 g/mol. The highest BCUT2D eigenvalue weighted by Crippen LogP contribution is 2.21. The van der Waals surface area contributed by atoms with E-state index in [0.29, 0.717) is 44.7 Å². The average molecular weight is 422 g/mol. The van der Waals surface area contributed by atoms with Crippen molar-refractivity contribution >= 4 is 29.3 Å². The van der Waals surface area contributed by atoms with Crippen molar-refractivity contribution in [3.8, 4) is 0 Å². The van der Waals surface area contributed by atoms with Crippen molar-refractivity contribution in [2.45, 2.75) is 19.3 Å². The van der Waals surface area contributed by atoms with E-state index >= 15 is 0 Å². The third kappa shape index (κ3) is 5.02. The highest BCUT2D eigenvalue weighted by molar-refractivity contribution is 5.95. The standard InChI is InChI=1S/C23H26N4O4/c28-21-6-2-4-12-27(21)19-9-7-18(8-10-19)23(30)31-17-22(29)26-15-13-25(14-16-26)20-5-1-3-11-24-20/h1,3,5,7-11H,2,4,6,12-17H2. The quantitative estimate of drug-likeness (QED) is 0.687. The van der Waals surface area contributed by atoms with Gasteiger partial charge >= 0.3 is 5.97 Å². The minimum Gasteiger partial charge on any atom is -0.452 e. The zero-order valence-electron chi connectivity index (χ0n) is 17.4. The van der Waals surface area contributed by atoms with Gasteiger partial charge in [0.1, 0.15) is 5.82 Å². The third-order valence-electron chi connectivity index (χ3n) is 5.67. The van der Waals surface area contributed by atoms with Crippen LogP contribution in [0.15, 0.2) is 48.7 Å². The minimum atomic E-state index is -0.544. The Morgan fingerprint density at radius 2 is 1.71 bits per heavy atom. The summed E-state index contributed by atoms with van der Waals surface area (Å²) in [5.74, 6) is 0.257. The van der Waals surface area contributed by atoms with E-state index in [9.17, 15) is 14.4 Å². The summed E-state index contributed by atoms with van der Waals surface area (Å²) in [7, 11) is 0. The van der Waals surface area contributed by atoms with Crippen LogP contribution in [0.3, 0.4) is 0 Å². The highest BCUT2D eigenvalue weighted by Gasteiger charge is 2.23. The molecule has 162 valence electrons. The van der Waals surface area contributed by atoms with Gasteiger partial charge < -0.3 is 19.4 Å². The van der Waals surface area contributed by atoms with Crippen molar-refractivity contribution < 1.29 is 19.1 Å². The molecule has 0 saturated carbocycles. The van der Waals surface area contributed by atoms with Crippen LogP contribution < -0.4 is 9.80 Å². The predicted octanol–water partition coefficient (Wildman–Crippen LogP) is 2.10. The lowest BCUT2D eigenvalue weighted by Crippen LogP contribution is -2.50. The maximum Gasteiger partial charge on any atom is 0.338 e. The Balaban J connectivity index is 1.25. The molecule has 2 fully saturated rings. The van der Waals surface area contributed by atoms with Crippen LogP contribution in [-0.2, 0) is 14.3 Å². The molecular weight excluding hydrogens is 396 g/mol. The molecule has 3 heterocycles. The smallest absolute Gasteiger partial charge is 0.338 e. The predicted molar refractivity (Wildman–Crippen MR) is 116 cm³/mol. The Morgan fingerprint density at radius 1 is 0.935 bits per heavy atom. The molecule has 2 aliphatic rings. The van der Waals surface area contributed by atoms with E-state index < -0.39 is 5.97 Å². The first kappa shape index (κ1) is 20.8. The zero-order valence-corrected chi connectivity index (χ0v) is 17.4. The van der Waals surface area contributed by atoms with Crippen LogP contribution in [0.4, 0.5) is 11.5 Å². The number of rotatable bonds is 5. The van der Waals surface area contributed by atoms with Crippen LogP contribution in [0.25, 0.3) is 0 Å². The molecule has 2 aliphatic heterocycles. The van der Waals surface area contributed by atoms with Crippen molar-refractivity contribution in [1.29, 1.82) is 0 Å². The Bertz CT molecular complexity index is 924. The summed E-state index contributed by atoms with van der Waals surface area (Å²) in [4.78, 5) is 46.7. The number of ether oxygens (including phenoxy) is 1. The first-order chi connectivity index (χ1) is 15.1. The van der Waals surface area contributed by atoms with E-state index in [1.165, 1.54) is 0 Å². The highest BCUT2D eigenvalue weighted by atomic mass is 16.5. The van der Waals surface area contributed by atoms with E-state index in [1.54, 1.807) is 40.3 Å². The number of aromatic nitrogens is 1. The average Bonchev–Trinajstić information content (AvgIpc) is 2.83. The topological polar surface area (TPSA) is 83.1 Å². The van der Waals surface area contributed by atoms with Gasteiger partial charge in [0.2, 0.25) is 5.91 Å². The summed E-state index contributed by atoms with van der Waals surface area (Å²) >= 11 is 0. The Labute approximate surface area is 181 Å². The van der Waals surface area contributed by atoms with Gasteiger partial charge in [-0.1, -0.05) is 6.07 Å². The lowest BCUT2D eigenvalue weighted by molar-refractivity contribution is -0.134. The lowest BCUT2D eigenvalue weighted by Gasteiger charge is -2.35. The number of nitrogens with zero attached hydrogens (tertiary/aromatic N) is 4. The molecule has 2 amide bonds. The zero-order chi connectivity index (χ0) is 21.6. The Kier molecular flexibility index (Phi) is 6.45. The molecule has 1 aromatic heterocycles. The first-order valence-corrected chi connectivity index (χ1v) is 10.6. The molecule has 2 aromatic rings. The largest absolute Gasteiger partial charge is 0.452 e. The molecule has 31 heavy (non-hydrogen) atoms. The van der Waals surface area contributed by atoms with Crippen LogP contribution in [0.2, 0.25) is 0 Å². The second-order valence-electron chi connectivity index (χ2n) is 7.68. The summed E-state index contributed by atoms with van der Waals surface area (Å²) in [6.45, 7) is 2.91. The second kappa shape index (κ2) is 9.59. The summed E-state index contributed by atoms with van der Waals surface area (Å²) in [6.07, 6.45) is 4.21. The fourth-order valence-electron chi connectivity index (χ4n) is 3.88. The molecule has 2 saturated heterocycles. The van der Waals surface area contributed by atoms with E-state index in [4.69, 9.17) is 4.74 Å². The number of benzene rings is 1. The van der Waals surface area contributed by atoms with Crippen LogP contribution >= 0.6 is 0 Å². The lowest BCUT2D eigenvalue weighted by atomic mass is 10.1. The normalized spacial score (nSPS) is 16.9.